The Morgan fingerprint density at radius 1 is 1.10 bits per heavy atom. The van der Waals surface area contributed by atoms with Gasteiger partial charge in [-0.2, -0.15) is 0 Å². The quantitative estimate of drug-likeness (QED) is 0.199. The van der Waals surface area contributed by atoms with Crippen molar-refractivity contribution in [3.05, 3.63) is 65.2 Å². The first-order valence-corrected chi connectivity index (χ1v) is 12.8. The van der Waals surface area contributed by atoms with Crippen LogP contribution in [-0.4, -0.2) is 23.8 Å². The molecule has 0 spiro atoms. The molecule has 0 radical (unpaired) electrons. The zero-order valence-electron chi connectivity index (χ0n) is 18.1. The Morgan fingerprint density at radius 2 is 1.84 bits per heavy atom. The van der Waals surface area contributed by atoms with Gasteiger partial charge in [0.1, 0.15) is 11.6 Å². The van der Waals surface area contributed by atoms with Gasteiger partial charge >= 0.3 is 8.25 Å². The Kier molecular flexibility index (Phi) is 11.2. The van der Waals surface area contributed by atoms with Gasteiger partial charge in [-0.05, 0) is 72.4 Å². The molecular weight excluding hydrogens is 439 g/mol. The van der Waals surface area contributed by atoms with Crippen molar-refractivity contribution in [2.75, 3.05) is 18.9 Å². The monoisotopic (exact) mass is 471 g/mol. The van der Waals surface area contributed by atoms with E-state index in [1.165, 1.54) is 23.9 Å². The predicted octanol–water partition coefficient (Wildman–Crippen LogP) is 6.08. The van der Waals surface area contributed by atoms with Crippen LogP contribution in [0.1, 0.15) is 50.7 Å². The summed E-state index contributed by atoms with van der Waals surface area (Å²) in [5.41, 5.74) is 1.98. The number of halogens is 2. The summed E-state index contributed by atoms with van der Waals surface area (Å²) in [4.78, 5) is 9.23. The molecule has 0 bridgehead atoms. The van der Waals surface area contributed by atoms with E-state index in [1.54, 1.807) is 6.07 Å². The number of nitrogens with one attached hydrogen (secondary N) is 1. The minimum Gasteiger partial charge on any atom is -0.326 e. The Hall–Kier alpha value is -1.24. The van der Waals surface area contributed by atoms with E-state index in [1.807, 2.05) is 24.3 Å². The van der Waals surface area contributed by atoms with Crippen LogP contribution in [0.3, 0.4) is 0 Å². The molecule has 0 aliphatic carbocycles. The van der Waals surface area contributed by atoms with Crippen molar-refractivity contribution in [1.82, 2.24) is 5.32 Å². The summed E-state index contributed by atoms with van der Waals surface area (Å²) in [7, 11) is -2.86. The average molecular weight is 472 g/mol. The fraction of sp³-hybridized carbons (Fsp3) is 0.478. The topological polar surface area (TPSA) is 58.6 Å². The molecule has 0 aliphatic heterocycles. The molecule has 172 valence electrons. The molecule has 8 heteroatoms. The minimum absolute atomic E-state index is 0.0133. The number of thioether (sulfide) groups is 1. The van der Waals surface area contributed by atoms with Crippen LogP contribution < -0.4 is 5.32 Å². The highest BCUT2D eigenvalue weighted by Gasteiger charge is 2.19. The Morgan fingerprint density at radius 3 is 2.52 bits per heavy atom. The largest absolute Gasteiger partial charge is 0.326 e. The molecule has 31 heavy (non-hydrogen) atoms. The van der Waals surface area contributed by atoms with Gasteiger partial charge in [-0.3, -0.25) is 4.57 Å². The molecule has 0 heterocycles. The normalized spacial score (nSPS) is 12.8. The maximum absolute atomic E-state index is 14.4. The number of hydrogen-bond donors (Lipinski definition) is 2. The van der Waals surface area contributed by atoms with E-state index in [-0.39, 0.29) is 23.7 Å². The molecule has 2 aromatic rings. The minimum atomic E-state index is -2.86. The van der Waals surface area contributed by atoms with E-state index in [0.29, 0.717) is 24.4 Å². The highest BCUT2D eigenvalue weighted by Crippen LogP contribution is 2.30. The second-order valence-electron chi connectivity index (χ2n) is 8.11. The SMILES string of the molecule is CC(C)(CCCCSc1ccc(CNCCCO[PH](=O)O)cc1F)c1ccc(F)cc1. The second-order valence-corrected chi connectivity index (χ2v) is 10.1. The number of benzene rings is 2. The van der Waals surface area contributed by atoms with Crippen LogP contribution in [0.25, 0.3) is 0 Å². The lowest BCUT2D eigenvalue weighted by Gasteiger charge is -2.25. The van der Waals surface area contributed by atoms with E-state index in [0.717, 1.165) is 36.1 Å². The van der Waals surface area contributed by atoms with Crippen molar-refractivity contribution in [3.63, 3.8) is 0 Å². The van der Waals surface area contributed by atoms with Gasteiger partial charge < -0.3 is 14.7 Å². The first-order valence-electron chi connectivity index (χ1n) is 10.5. The molecule has 2 N–H and O–H groups in total. The molecule has 4 nitrogen and oxygen atoms in total. The Labute approximate surface area is 188 Å². The van der Waals surface area contributed by atoms with Gasteiger partial charge in [0.2, 0.25) is 0 Å². The van der Waals surface area contributed by atoms with E-state index in [4.69, 9.17) is 4.89 Å². The third-order valence-corrected chi connectivity index (χ3v) is 6.71. The molecular formula is C23H32F2NO3PS. The van der Waals surface area contributed by atoms with E-state index in [9.17, 15) is 13.3 Å². The summed E-state index contributed by atoms with van der Waals surface area (Å²) in [5, 5.41) is 3.17. The number of hydrogen-bond acceptors (Lipinski definition) is 4. The molecule has 0 saturated heterocycles. The van der Waals surface area contributed by atoms with Crippen molar-refractivity contribution < 1.29 is 22.8 Å². The number of unbranched alkanes of at least 4 members (excludes halogenated alkanes) is 1. The van der Waals surface area contributed by atoms with Gasteiger partial charge in [-0.25, -0.2) is 8.78 Å². The lowest BCUT2D eigenvalue weighted by molar-refractivity contribution is 0.276. The van der Waals surface area contributed by atoms with Gasteiger partial charge in [0.25, 0.3) is 0 Å². The van der Waals surface area contributed by atoms with E-state index in [2.05, 4.69) is 23.7 Å². The van der Waals surface area contributed by atoms with Crippen LogP contribution in [0.5, 0.6) is 0 Å². The number of rotatable bonds is 14. The molecule has 1 atom stereocenters. The summed E-state index contributed by atoms with van der Waals surface area (Å²) in [6, 6.07) is 12.0. The molecule has 0 amide bonds. The first kappa shape index (κ1) is 26.0. The zero-order valence-corrected chi connectivity index (χ0v) is 19.9. The molecule has 0 fully saturated rings. The maximum Gasteiger partial charge on any atom is 0.316 e. The lowest BCUT2D eigenvalue weighted by Crippen LogP contribution is -2.17. The fourth-order valence-corrected chi connectivity index (χ4v) is 4.51. The van der Waals surface area contributed by atoms with Crippen LogP contribution in [0.2, 0.25) is 0 Å². The average Bonchev–Trinajstić information content (AvgIpc) is 2.71. The summed E-state index contributed by atoms with van der Waals surface area (Å²) in [6.07, 6.45) is 3.62. The smallest absolute Gasteiger partial charge is 0.316 e. The standard InChI is InChI=1S/C23H32F2NO3PS/c1-23(2,19-7-9-20(24)10-8-19)12-3-4-15-31-22-11-6-18(16-21(22)25)17-26-13-5-14-29-30(27)28/h6-11,16,26,30H,3-5,12-15,17H2,1-2H3,(H,27,28). The molecule has 0 saturated carbocycles. The van der Waals surface area contributed by atoms with Crippen molar-refractivity contribution in [2.24, 2.45) is 0 Å². The summed E-state index contributed by atoms with van der Waals surface area (Å²) in [6.45, 7) is 5.73. The molecule has 1 unspecified atom stereocenters. The van der Waals surface area contributed by atoms with Crippen molar-refractivity contribution in [3.8, 4) is 0 Å². The van der Waals surface area contributed by atoms with Crippen LogP contribution in [-0.2, 0) is 21.0 Å². The van der Waals surface area contributed by atoms with Crippen molar-refractivity contribution in [2.45, 2.75) is 56.4 Å². The third kappa shape index (κ3) is 9.84. The lowest BCUT2D eigenvalue weighted by atomic mass is 9.80. The van der Waals surface area contributed by atoms with Gasteiger partial charge in [-0.1, -0.05) is 38.5 Å². The van der Waals surface area contributed by atoms with Crippen LogP contribution in [0.4, 0.5) is 8.78 Å². The predicted molar refractivity (Wildman–Crippen MR) is 124 cm³/mol. The van der Waals surface area contributed by atoms with Crippen molar-refractivity contribution in [1.29, 1.82) is 0 Å². The van der Waals surface area contributed by atoms with Gasteiger partial charge in [0.05, 0.1) is 6.61 Å². The van der Waals surface area contributed by atoms with E-state index < -0.39 is 8.25 Å². The highest BCUT2D eigenvalue weighted by atomic mass is 32.2. The van der Waals surface area contributed by atoms with Gasteiger partial charge in [0.15, 0.2) is 0 Å². The molecule has 2 rings (SSSR count). The van der Waals surface area contributed by atoms with E-state index >= 15 is 0 Å². The van der Waals surface area contributed by atoms with Crippen molar-refractivity contribution >= 4 is 20.0 Å². The van der Waals surface area contributed by atoms with Gasteiger partial charge in [0, 0.05) is 11.4 Å². The molecule has 0 aromatic heterocycles. The maximum atomic E-state index is 14.4. The zero-order chi connectivity index (χ0) is 22.7. The first-order chi connectivity index (χ1) is 14.8. The van der Waals surface area contributed by atoms with Crippen LogP contribution in [0.15, 0.2) is 47.4 Å². The fourth-order valence-electron chi connectivity index (χ4n) is 3.26. The summed E-state index contributed by atoms with van der Waals surface area (Å²) >= 11 is 1.53. The second kappa shape index (κ2) is 13.3. The summed E-state index contributed by atoms with van der Waals surface area (Å²) in [5.74, 6) is 0.423. The highest BCUT2D eigenvalue weighted by molar-refractivity contribution is 7.99. The third-order valence-electron chi connectivity index (χ3n) is 5.13. The molecule has 2 aromatic carbocycles. The van der Waals surface area contributed by atoms with Crippen LogP contribution in [0, 0.1) is 11.6 Å². The van der Waals surface area contributed by atoms with Gasteiger partial charge in [-0.15, -0.1) is 11.8 Å². The van der Waals surface area contributed by atoms with Crippen LogP contribution >= 0.6 is 20.0 Å². The summed E-state index contributed by atoms with van der Waals surface area (Å²) < 4.78 is 42.5. The molecule has 0 aliphatic rings. The Balaban J connectivity index is 1.66. The Bertz CT molecular complexity index is 834.